The Morgan fingerprint density at radius 2 is 1.26 bits per heavy atom. The van der Waals surface area contributed by atoms with Gasteiger partial charge < -0.3 is 53.6 Å². The number of non-ortho nitro benzene ring substituents is 1. The molecule has 0 aliphatic carbocycles. The van der Waals surface area contributed by atoms with Gasteiger partial charge in [0.15, 0.2) is 29.8 Å². The first kappa shape index (κ1) is 57.1. The number of aliphatic hydroxyl groups excluding tert-OH is 1. The zero-order valence-electron chi connectivity index (χ0n) is 43.3. The third kappa shape index (κ3) is 13.7. The number of pyridine rings is 2. The predicted octanol–water partition coefficient (Wildman–Crippen LogP) is 7.09. The third-order valence-corrected chi connectivity index (χ3v) is 16.1. The molecule has 3 aromatic rings. The molecular weight excluding hydrogens is 1060 g/mol. The van der Waals surface area contributed by atoms with Crippen molar-refractivity contribution in [2.24, 2.45) is 5.73 Å². The van der Waals surface area contributed by atoms with Gasteiger partial charge in [-0.1, -0.05) is 24.3 Å². The lowest BCUT2D eigenvalue weighted by Gasteiger charge is -2.32. The summed E-state index contributed by atoms with van der Waals surface area (Å²) in [7, 11) is -7.61. The summed E-state index contributed by atoms with van der Waals surface area (Å²) in [5, 5.41) is 20.1. The summed E-state index contributed by atoms with van der Waals surface area (Å²) in [6.45, 7) is 9.08. The standard InChI is InChI=1S/C23H29N2O8P.C14H13N2O6P.C14H20N2O5/c1-15(26)17-7-5-10-25(13-17)22-21-20(31-23(2,3)32-21)19(30-22)14-29-34(27)28-11-8-18(33-34)16-6-4-9-24-12-16;17-16(18)12-3-5-13(6-4-12)21-23(19)20-9-7-14(22-23)11-2-1-8-15-10-11;1-14(2)20-10-9(7-17)19-13(11(10)21-14)16-5-3-4-8(6-16)12(15)18/h4-6,9-10,12-13,18-22H,7-8,11,14H2,1-3H3;1-6,8,10,14H,7,9H2;3,5-6,9-11,13,17H,4,7H2,1-2H3,(H2,15,18)/t18?,19?,20-,21-,22-,34?;;9?,10-,11-,13-/m1.1/s1. The lowest BCUT2D eigenvalue weighted by atomic mass is 10.1. The minimum atomic E-state index is -3.82. The van der Waals surface area contributed by atoms with Gasteiger partial charge in [-0.05, 0) is 82.9 Å². The number of amides is 1. The molecule has 1 amide bonds. The number of hydrogen-bond acceptors (Lipinski definition) is 23. The number of phosphoric acid groups is 2. The number of benzene rings is 1. The Labute approximate surface area is 449 Å². The van der Waals surface area contributed by atoms with Crippen LogP contribution in [0.15, 0.2) is 121 Å². The largest absolute Gasteiger partial charge is 0.530 e. The van der Waals surface area contributed by atoms with E-state index in [0.29, 0.717) is 36.8 Å². The monoisotopic (exact) mass is 1120 g/mol. The summed E-state index contributed by atoms with van der Waals surface area (Å²) in [6, 6.07) is 12.4. The van der Waals surface area contributed by atoms with Gasteiger partial charge in [-0.25, -0.2) is 9.13 Å². The van der Waals surface area contributed by atoms with Crippen molar-refractivity contribution in [2.75, 3.05) is 26.4 Å². The average molecular weight is 1130 g/mol. The molecule has 420 valence electrons. The number of nitro groups is 1. The molecule has 0 radical (unpaired) electrons. The third-order valence-electron chi connectivity index (χ3n) is 13.2. The first-order valence-electron chi connectivity index (χ1n) is 25.2. The van der Waals surface area contributed by atoms with Gasteiger partial charge in [0.05, 0.1) is 43.6 Å². The molecule has 8 aliphatic heterocycles. The van der Waals surface area contributed by atoms with Crippen LogP contribution in [0.1, 0.15) is 83.6 Å². The lowest BCUT2D eigenvalue weighted by Crippen LogP contribution is -2.40. The molecule has 2 aromatic heterocycles. The van der Waals surface area contributed by atoms with Crippen molar-refractivity contribution in [2.45, 2.75) is 133 Å². The quantitative estimate of drug-likeness (QED) is 0.0980. The molecule has 1 aromatic carbocycles. The number of aromatic nitrogens is 2. The fourth-order valence-electron chi connectivity index (χ4n) is 9.60. The second kappa shape index (κ2) is 24.0. The fourth-order valence-corrected chi connectivity index (χ4v) is 12.4. The Morgan fingerprint density at radius 3 is 1.77 bits per heavy atom. The zero-order chi connectivity index (χ0) is 55.4. The first-order chi connectivity index (χ1) is 37.2. The van der Waals surface area contributed by atoms with Gasteiger partial charge in [0, 0.05) is 85.7 Å². The maximum absolute atomic E-state index is 13.2. The molecule has 12 atom stereocenters. The number of allylic oxidation sites excluding steroid dienone is 3. The van der Waals surface area contributed by atoms with Crippen LogP contribution in [0.25, 0.3) is 0 Å². The highest BCUT2D eigenvalue weighted by Crippen LogP contribution is 2.58. The van der Waals surface area contributed by atoms with Crippen molar-refractivity contribution < 1.29 is 84.3 Å². The maximum Gasteiger partial charge on any atom is 0.530 e. The normalized spacial score (nSPS) is 33.3. The maximum atomic E-state index is 13.2. The van der Waals surface area contributed by atoms with E-state index in [1.54, 1.807) is 54.2 Å². The molecule has 6 unspecified atom stereocenters. The summed E-state index contributed by atoms with van der Waals surface area (Å²) < 4.78 is 94.5. The molecule has 0 bridgehead atoms. The number of phosphoric ester groups is 2. The molecular formula is C51H62N6O19P2. The number of Topliss-reactive ketones (excluding diaryl/α,β-unsaturated/α-hetero) is 1. The van der Waals surface area contributed by atoms with Crippen molar-refractivity contribution in [3.05, 3.63) is 143 Å². The van der Waals surface area contributed by atoms with Crippen molar-refractivity contribution in [3.8, 4) is 5.75 Å². The van der Waals surface area contributed by atoms with Crippen LogP contribution in [0.4, 0.5) is 5.69 Å². The van der Waals surface area contributed by atoms with Gasteiger partial charge in [-0.15, -0.1) is 0 Å². The molecule has 3 N–H and O–H groups in total. The van der Waals surface area contributed by atoms with Crippen LogP contribution in [0.5, 0.6) is 5.75 Å². The smallest absolute Gasteiger partial charge is 0.404 e. The average Bonchev–Trinajstić information content (AvgIpc) is 4.15. The number of carbonyl (C=O) groups excluding carboxylic acids is 2. The summed E-state index contributed by atoms with van der Waals surface area (Å²) in [5.74, 6) is -1.83. The molecule has 11 rings (SSSR count). The van der Waals surface area contributed by atoms with Gasteiger partial charge >= 0.3 is 15.6 Å². The number of primary amides is 1. The van der Waals surface area contributed by atoms with Crippen molar-refractivity contribution in [1.29, 1.82) is 0 Å². The Hall–Kier alpha value is -5.60. The Morgan fingerprint density at radius 1 is 0.756 bits per heavy atom. The molecule has 0 saturated carbocycles. The van der Waals surface area contributed by atoms with E-state index < -0.39 is 87.1 Å². The molecule has 8 aliphatic rings. The molecule has 0 spiro atoms. The summed E-state index contributed by atoms with van der Waals surface area (Å²) >= 11 is 0. The van der Waals surface area contributed by atoms with Crippen LogP contribution in [0.3, 0.4) is 0 Å². The van der Waals surface area contributed by atoms with E-state index in [0.717, 1.165) is 11.1 Å². The number of fused-ring (bicyclic) bond motifs is 2. The number of carbonyl (C=O) groups is 2. The van der Waals surface area contributed by atoms with E-state index >= 15 is 0 Å². The van der Waals surface area contributed by atoms with E-state index in [1.807, 2.05) is 69.3 Å². The summed E-state index contributed by atoms with van der Waals surface area (Å²) in [5.41, 5.74) is 8.01. The van der Waals surface area contributed by atoms with Crippen LogP contribution >= 0.6 is 15.6 Å². The molecule has 25 nitrogen and oxygen atoms in total. The van der Waals surface area contributed by atoms with Gasteiger partial charge in [-0.3, -0.25) is 52.3 Å². The summed E-state index contributed by atoms with van der Waals surface area (Å²) in [4.78, 5) is 45.0. The second-order valence-electron chi connectivity index (χ2n) is 19.8. The minimum absolute atomic E-state index is 0.000522. The number of ether oxygens (including phenoxy) is 6. The minimum Gasteiger partial charge on any atom is -0.404 e. The van der Waals surface area contributed by atoms with Gasteiger partial charge in [0.2, 0.25) is 5.91 Å². The molecule has 27 heteroatoms. The fraction of sp³-hybridized carbons (Fsp3) is 0.490. The van der Waals surface area contributed by atoms with Crippen molar-refractivity contribution in [1.82, 2.24) is 19.8 Å². The first-order valence-corrected chi connectivity index (χ1v) is 28.1. The number of ketones is 1. The Balaban J connectivity index is 0.000000148. The van der Waals surface area contributed by atoms with Crippen LogP contribution in [-0.2, 0) is 69.8 Å². The van der Waals surface area contributed by atoms with Crippen molar-refractivity contribution >= 4 is 33.0 Å². The number of aliphatic hydroxyl groups is 1. The van der Waals surface area contributed by atoms with E-state index in [4.69, 9.17) is 61.3 Å². The SMILES string of the molecule is CC(=O)C1=CN([C@@H]2OC(COP3(=O)OCCC(c4cccnc4)O3)[C@H]3OC(C)(C)O[C@H]32)C=CC1.CC1(C)O[C@@H]2[C@H](O1)C(CO)O[C@H]2N1C=CCC(C(N)=O)=C1.O=[N+]([O-])c1ccc(OP2(=O)OCCC(c3cccnc3)O2)cc1. The van der Waals surface area contributed by atoms with Gasteiger partial charge in [0.1, 0.15) is 42.4 Å². The second-order valence-corrected chi connectivity index (χ2v) is 22.9. The van der Waals surface area contributed by atoms with Crippen molar-refractivity contribution in [3.63, 3.8) is 0 Å². The number of hydrogen-bond donors (Lipinski definition) is 2. The van der Waals surface area contributed by atoms with Gasteiger partial charge in [-0.2, -0.15) is 0 Å². The Bertz CT molecular complexity index is 2860. The molecule has 10 heterocycles. The number of nitrogens with zero attached hydrogens (tertiary/aromatic N) is 5. The predicted molar refractivity (Wildman–Crippen MR) is 271 cm³/mol. The topological polar surface area (TPSA) is 301 Å². The van der Waals surface area contributed by atoms with E-state index in [-0.39, 0.29) is 55.9 Å². The van der Waals surface area contributed by atoms with Crippen LogP contribution in [0, 0.1) is 10.1 Å². The highest BCUT2D eigenvalue weighted by molar-refractivity contribution is 7.49. The zero-order valence-corrected chi connectivity index (χ0v) is 45.1. The van der Waals surface area contributed by atoms with Crippen LogP contribution in [-0.4, -0.2) is 129 Å². The lowest BCUT2D eigenvalue weighted by molar-refractivity contribution is -0.384. The highest BCUT2D eigenvalue weighted by atomic mass is 31.2. The number of nitro benzene ring substituents is 1. The van der Waals surface area contributed by atoms with E-state index in [9.17, 15) is 33.9 Å². The van der Waals surface area contributed by atoms with Crippen LogP contribution < -0.4 is 10.3 Å². The van der Waals surface area contributed by atoms with E-state index in [2.05, 4.69) is 9.97 Å². The molecule has 6 fully saturated rings. The molecule has 78 heavy (non-hydrogen) atoms. The number of nitrogens with two attached hydrogens (primary N) is 1. The molecule has 6 saturated heterocycles. The van der Waals surface area contributed by atoms with E-state index in [1.165, 1.54) is 31.2 Å². The van der Waals surface area contributed by atoms with Gasteiger partial charge in [0.25, 0.3) is 5.69 Å². The summed E-state index contributed by atoms with van der Waals surface area (Å²) in [6.07, 6.45) is 15.1. The Kier molecular flexibility index (Phi) is 17.6. The number of rotatable bonds is 13. The highest BCUT2D eigenvalue weighted by Gasteiger charge is 2.58. The van der Waals surface area contributed by atoms with Crippen LogP contribution in [0.2, 0.25) is 0 Å².